The maximum absolute atomic E-state index is 10.4. The summed E-state index contributed by atoms with van der Waals surface area (Å²) < 4.78 is 4.55. The fraction of sp³-hybridized carbons (Fsp3) is 0.800. The number of hydrogen-bond acceptors (Lipinski definition) is 5. The zero-order valence-corrected chi connectivity index (χ0v) is 20.9. The predicted molar refractivity (Wildman–Crippen MR) is 117 cm³/mol. The van der Waals surface area contributed by atoms with Gasteiger partial charge < -0.3 is 19.7 Å². The van der Waals surface area contributed by atoms with Gasteiger partial charge in [0.2, 0.25) is 10.5 Å². The van der Waals surface area contributed by atoms with Crippen LogP contribution in [-0.2, 0) is 23.6 Å². The minimum atomic E-state index is -0.693. The van der Waals surface area contributed by atoms with Crippen molar-refractivity contribution in [2.24, 2.45) is 0 Å². The Morgan fingerprint density at radius 1 is 0.586 bits per heavy atom. The molecular formula is C20H42O8Si. The Morgan fingerprint density at radius 2 is 0.828 bits per heavy atom. The zero-order chi connectivity index (χ0) is 23.5. The van der Waals surface area contributed by atoms with Gasteiger partial charge in [-0.3, -0.25) is 19.2 Å². The van der Waals surface area contributed by atoms with Crippen LogP contribution in [0.25, 0.3) is 0 Å². The van der Waals surface area contributed by atoms with Crippen molar-refractivity contribution < 1.29 is 38.9 Å². The number of hydrogen-bond donors (Lipinski definition) is 3. The molecule has 0 aromatic rings. The Bertz CT molecular complexity index is 357. The first-order valence-electron chi connectivity index (χ1n) is 10.3. The van der Waals surface area contributed by atoms with Crippen molar-refractivity contribution in [1.82, 2.24) is 0 Å². The molecule has 8 nitrogen and oxygen atoms in total. The molecule has 0 aromatic heterocycles. The van der Waals surface area contributed by atoms with Crippen molar-refractivity contribution >= 4 is 34.4 Å². The predicted octanol–water partition coefficient (Wildman–Crippen LogP) is 3.78. The lowest BCUT2D eigenvalue weighted by molar-refractivity contribution is -0.138. The molecule has 0 fully saturated rings. The van der Waals surface area contributed by atoms with E-state index >= 15 is 0 Å². The van der Waals surface area contributed by atoms with Gasteiger partial charge in [0, 0.05) is 25.7 Å². The Kier molecular flexibility index (Phi) is 36.8. The lowest BCUT2D eigenvalue weighted by Crippen LogP contribution is -1.99. The number of carbonyl (C=O) groups excluding carboxylic acids is 1. The minimum absolute atomic E-state index is 0.0430. The molecule has 0 heterocycles. The van der Waals surface area contributed by atoms with Gasteiger partial charge in [0.1, 0.15) is 0 Å². The molecule has 3 N–H and O–H groups in total. The number of rotatable bonds is 12. The van der Waals surface area contributed by atoms with Crippen LogP contribution in [0.15, 0.2) is 0 Å². The molecule has 9 heteroatoms. The first-order valence-corrected chi connectivity index (χ1v) is 11.2. The highest BCUT2D eigenvalue weighted by Crippen LogP contribution is 1.94. The van der Waals surface area contributed by atoms with Gasteiger partial charge in [-0.05, 0) is 25.7 Å². The van der Waals surface area contributed by atoms with Gasteiger partial charge in [-0.15, -0.1) is 0 Å². The van der Waals surface area contributed by atoms with Gasteiger partial charge in [0.25, 0.3) is 5.97 Å². The second-order valence-corrected chi connectivity index (χ2v) is 6.58. The highest BCUT2D eigenvalue weighted by Gasteiger charge is 1.94. The summed E-state index contributed by atoms with van der Waals surface area (Å²) in [5.41, 5.74) is 0. The van der Waals surface area contributed by atoms with E-state index in [1.165, 1.54) is 0 Å². The molecule has 0 saturated heterocycles. The number of aliphatic carboxylic acids is 3. The molecule has 29 heavy (non-hydrogen) atoms. The first-order chi connectivity index (χ1) is 13.6. The molecule has 0 rings (SSSR count). The lowest BCUT2D eigenvalue weighted by Gasteiger charge is -1.94. The molecule has 0 saturated carbocycles. The molecule has 0 amide bonds. The van der Waals surface area contributed by atoms with Crippen molar-refractivity contribution in [3.05, 3.63) is 0 Å². The van der Waals surface area contributed by atoms with Crippen molar-refractivity contribution in [1.29, 1.82) is 0 Å². The molecule has 0 radical (unpaired) electrons. The van der Waals surface area contributed by atoms with Crippen LogP contribution >= 0.6 is 0 Å². The highest BCUT2D eigenvalue weighted by molar-refractivity contribution is 6.05. The number of carbonyl (C=O) groups is 4. The monoisotopic (exact) mass is 438 g/mol. The lowest BCUT2D eigenvalue weighted by atomic mass is 10.3. The van der Waals surface area contributed by atoms with E-state index in [9.17, 15) is 19.2 Å². The summed E-state index contributed by atoms with van der Waals surface area (Å²) in [6.07, 6.45) is 8.87. The van der Waals surface area contributed by atoms with Gasteiger partial charge in [-0.1, -0.05) is 53.4 Å². The van der Waals surface area contributed by atoms with E-state index in [1.807, 2.05) is 20.8 Å². The van der Waals surface area contributed by atoms with Crippen molar-refractivity contribution in [3.63, 3.8) is 0 Å². The molecule has 0 aliphatic heterocycles. The Labute approximate surface area is 178 Å². The maximum Gasteiger partial charge on any atom is 0.303 e. The summed E-state index contributed by atoms with van der Waals surface area (Å²) in [7, 11) is 0.540. The zero-order valence-electron chi connectivity index (χ0n) is 18.9. The van der Waals surface area contributed by atoms with Crippen molar-refractivity contribution in [3.8, 4) is 0 Å². The Hall–Kier alpha value is -1.90. The van der Waals surface area contributed by atoms with E-state index in [1.54, 1.807) is 0 Å². The smallest absolute Gasteiger partial charge is 0.303 e. The summed E-state index contributed by atoms with van der Waals surface area (Å²) in [5, 5.41) is 24.1. The molecule has 0 unspecified atom stereocenters. The van der Waals surface area contributed by atoms with Crippen molar-refractivity contribution in [2.75, 3.05) is 0 Å². The van der Waals surface area contributed by atoms with Crippen molar-refractivity contribution in [2.45, 2.75) is 105 Å². The average molecular weight is 439 g/mol. The van der Waals surface area contributed by atoms with Gasteiger partial charge in [0.05, 0.1) is 0 Å². The summed E-state index contributed by atoms with van der Waals surface area (Å²) in [5.74, 6) is -2.12. The molecule has 174 valence electrons. The quantitative estimate of drug-likeness (QED) is 0.391. The van der Waals surface area contributed by atoms with Gasteiger partial charge >= 0.3 is 17.9 Å². The molecule has 0 aliphatic carbocycles. The third-order valence-corrected chi connectivity index (χ3v) is 3.65. The number of carboxylic acid groups (broad SMARTS) is 3. The van der Waals surface area contributed by atoms with Gasteiger partial charge in [0.15, 0.2) is 0 Å². The fourth-order valence-electron chi connectivity index (χ4n) is 1.41. The minimum Gasteiger partial charge on any atom is -0.529 e. The van der Waals surface area contributed by atoms with Crippen LogP contribution in [0.3, 0.4) is 0 Å². The average Bonchev–Trinajstić information content (AvgIpc) is 2.68. The third-order valence-electron chi connectivity index (χ3n) is 3.19. The summed E-state index contributed by atoms with van der Waals surface area (Å²) in [6.45, 7) is 7.98. The maximum atomic E-state index is 10.4. The molecular weight excluding hydrogens is 396 g/mol. The summed E-state index contributed by atoms with van der Waals surface area (Å²) in [6, 6.07) is 0. The Morgan fingerprint density at radius 3 is 0.966 bits per heavy atom. The molecule has 0 atom stereocenters. The van der Waals surface area contributed by atoms with Crippen LogP contribution in [0.2, 0.25) is 0 Å². The highest BCUT2D eigenvalue weighted by atomic mass is 28.2. The Balaban J connectivity index is -0.000000144. The topological polar surface area (TPSA) is 138 Å². The standard InChI is InChI=1S/C5H12O2Si.3C5H10O2/c1-2-3-4-5(6)7-8;3*1-2-3-4-5(6)7/h2-4H2,1,8H3;3*2-4H2,1H3,(H,6,7). The molecule has 0 aromatic carbocycles. The second-order valence-electron chi connectivity index (χ2n) is 6.17. The van der Waals surface area contributed by atoms with Crippen LogP contribution in [0.1, 0.15) is 105 Å². The SMILES string of the molecule is CCCCC(=O)O.CCCCC(=O)O.CCCCC(=O)O.CCCCC(=O)O[SiH3]. The van der Waals surface area contributed by atoms with Crippen LogP contribution in [0, 0.1) is 0 Å². The normalized spacial score (nSPS) is 8.83. The fourth-order valence-corrected chi connectivity index (χ4v) is 1.61. The second kappa shape index (κ2) is 30.8. The van der Waals surface area contributed by atoms with E-state index in [4.69, 9.17) is 15.3 Å². The number of unbranched alkanes of at least 4 members (excludes halogenated alkanes) is 4. The summed E-state index contributed by atoms with van der Waals surface area (Å²) >= 11 is 0. The van der Waals surface area contributed by atoms with Gasteiger partial charge in [-0.25, -0.2) is 0 Å². The van der Waals surface area contributed by atoms with Crippen LogP contribution in [-0.4, -0.2) is 49.7 Å². The van der Waals surface area contributed by atoms with E-state index < -0.39 is 17.9 Å². The molecule has 0 bridgehead atoms. The first kappa shape index (κ1) is 34.6. The third kappa shape index (κ3) is 58.5. The molecule has 0 aliphatic rings. The largest absolute Gasteiger partial charge is 0.529 e. The van der Waals surface area contributed by atoms with Crippen LogP contribution < -0.4 is 0 Å². The van der Waals surface area contributed by atoms with E-state index in [2.05, 4.69) is 11.3 Å². The van der Waals surface area contributed by atoms with E-state index in [-0.39, 0.29) is 5.97 Å². The summed E-state index contributed by atoms with van der Waals surface area (Å²) in [4.78, 5) is 39.7. The van der Waals surface area contributed by atoms with Crippen LogP contribution in [0.4, 0.5) is 0 Å². The van der Waals surface area contributed by atoms with Crippen LogP contribution in [0.5, 0.6) is 0 Å². The van der Waals surface area contributed by atoms with E-state index in [0.29, 0.717) is 36.2 Å². The molecule has 0 spiro atoms. The van der Waals surface area contributed by atoms with E-state index in [0.717, 1.165) is 51.4 Å². The van der Waals surface area contributed by atoms with Gasteiger partial charge in [-0.2, -0.15) is 0 Å². The number of carboxylic acids is 3.